The molecule has 4 aromatic carbocycles. The number of carbonyl (C=O) groups is 1. The zero-order valence-electron chi connectivity index (χ0n) is 14.0. The van der Waals surface area contributed by atoms with Crippen molar-refractivity contribution in [3.05, 3.63) is 97.1 Å². The van der Waals surface area contributed by atoms with Crippen molar-refractivity contribution in [3.63, 3.8) is 0 Å². The van der Waals surface area contributed by atoms with Gasteiger partial charge in [0, 0.05) is 5.56 Å². The van der Waals surface area contributed by atoms with Crippen molar-refractivity contribution in [1.29, 1.82) is 0 Å². The Balaban J connectivity index is 1.68. The minimum Gasteiger partial charge on any atom is -0.395 e. The number of para-hydroxylation sites is 2. The average Bonchev–Trinajstić information content (AvgIpc) is 2.69. The lowest BCUT2D eigenvalue weighted by atomic mass is 9.98. The van der Waals surface area contributed by atoms with E-state index in [-0.39, 0.29) is 0 Å². The van der Waals surface area contributed by atoms with Gasteiger partial charge in [0.05, 0.1) is 0 Å². The molecule has 0 atom stereocenters. The SMILES string of the molecule is O=C(Oc1ccccc1)Oc1ccccc1-c1cccc2ccccc12. The Kier molecular flexibility index (Phi) is 4.35. The van der Waals surface area contributed by atoms with Crippen molar-refractivity contribution >= 4 is 16.9 Å². The second-order valence-electron chi connectivity index (χ2n) is 5.79. The normalized spacial score (nSPS) is 10.5. The fourth-order valence-electron chi connectivity index (χ4n) is 2.93. The number of ether oxygens (including phenoxy) is 2. The van der Waals surface area contributed by atoms with E-state index in [1.807, 2.05) is 48.5 Å². The van der Waals surface area contributed by atoms with E-state index in [9.17, 15) is 4.79 Å². The predicted octanol–water partition coefficient (Wildman–Crippen LogP) is 6.08. The number of benzene rings is 4. The van der Waals surface area contributed by atoms with Crippen molar-refractivity contribution in [3.8, 4) is 22.6 Å². The fraction of sp³-hybridized carbons (Fsp3) is 0. The fourth-order valence-corrected chi connectivity index (χ4v) is 2.93. The highest BCUT2D eigenvalue weighted by Crippen LogP contribution is 2.35. The molecule has 0 aliphatic carbocycles. The van der Waals surface area contributed by atoms with Gasteiger partial charge in [-0.25, -0.2) is 4.79 Å². The summed E-state index contributed by atoms with van der Waals surface area (Å²) in [6.45, 7) is 0. The van der Waals surface area contributed by atoms with Crippen LogP contribution in [0.3, 0.4) is 0 Å². The summed E-state index contributed by atoms with van der Waals surface area (Å²) >= 11 is 0. The van der Waals surface area contributed by atoms with Crippen molar-refractivity contribution in [1.82, 2.24) is 0 Å². The van der Waals surface area contributed by atoms with Gasteiger partial charge in [0.25, 0.3) is 0 Å². The van der Waals surface area contributed by atoms with E-state index in [1.165, 1.54) is 0 Å². The molecule has 0 saturated carbocycles. The van der Waals surface area contributed by atoms with Gasteiger partial charge in [0.15, 0.2) is 0 Å². The lowest BCUT2D eigenvalue weighted by Gasteiger charge is -2.12. The van der Waals surface area contributed by atoms with Crippen LogP contribution in [0.25, 0.3) is 21.9 Å². The molecule has 3 nitrogen and oxygen atoms in total. The molecule has 0 aliphatic heterocycles. The first kappa shape index (κ1) is 15.9. The van der Waals surface area contributed by atoms with E-state index < -0.39 is 6.16 Å². The van der Waals surface area contributed by atoms with Crippen LogP contribution in [-0.4, -0.2) is 6.16 Å². The van der Waals surface area contributed by atoms with Crippen molar-refractivity contribution in [2.24, 2.45) is 0 Å². The molecule has 3 heteroatoms. The van der Waals surface area contributed by atoms with Crippen LogP contribution in [0.1, 0.15) is 0 Å². The summed E-state index contributed by atoms with van der Waals surface area (Å²) in [7, 11) is 0. The number of rotatable bonds is 3. The molecule has 0 unspecified atom stereocenters. The lowest BCUT2D eigenvalue weighted by molar-refractivity contribution is 0.152. The van der Waals surface area contributed by atoms with Crippen LogP contribution in [0.4, 0.5) is 4.79 Å². The minimum absolute atomic E-state index is 0.445. The van der Waals surface area contributed by atoms with Gasteiger partial charge in [0.1, 0.15) is 11.5 Å². The topological polar surface area (TPSA) is 35.5 Å². The van der Waals surface area contributed by atoms with Gasteiger partial charge in [-0.2, -0.15) is 0 Å². The van der Waals surface area contributed by atoms with Crippen molar-refractivity contribution in [2.75, 3.05) is 0 Å². The maximum atomic E-state index is 12.2. The molecule has 0 amide bonds. The summed E-state index contributed by atoms with van der Waals surface area (Å²) in [6.07, 6.45) is -0.760. The van der Waals surface area contributed by atoms with Crippen LogP contribution in [0.15, 0.2) is 97.1 Å². The molecular formula is C23H16O3. The Hall–Kier alpha value is -3.59. The molecule has 126 valence electrons. The summed E-state index contributed by atoms with van der Waals surface area (Å²) in [4.78, 5) is 12.2. The van der Waals surface area contributed by atoms with E-state index in [4.69, 9.17) is 9.47 Å². The summed E-state index contributed by atoms with van der Waals surface area (Å²) in [5.74, 6) is 0.907. The van der Waals surface area contributed by atoms with Crippen LogP contribution < -0.4 is 9.47 Å². The first-order valence-corrected chi connectivity index (χ1v) is 8.33. The maximum Gasteiger partial charge on any atom is 0.519 e. The average molecular weight is 340 g/mol. The number of carbonyl (C=O) groups excluding carboxylic acids is 1. The zero-order chi connectivity index (χ0) is 17.8. The number of fused-ring (bicyclic) bond motifs is 1. The zero-order valence-corrected chi connectivity index (χ0v) is 14.0. The monoisotopic (exact) mass is 340 g/mol. The Bertz CT molecular complexity index is 1050. The van der Waals surface area contributed by atoms with Gasteiger partial charge in [0.2, 0.25) is 0 Å². The predicted molar refractivity (Wildman–Crippen MR) is 102 cm³/mol. The smallest absolute Gasteiger partial charge is 0.395 e. The standard InChI is InChI=1S/C23H16O3/c24-23(25-18-11-2-1-3-12-18)26-22-16-7-6-14-21(22)20-15-8-10-17-9-4-5-13-19(17)20/h1-16H. The lowest BCUT2D eigenvalue weighted by Crippen LogP contribution is -2.14. The largest absolute Gasteiger partial charge is 0.519 e. The number of hydrogen-bond donors (Lipinski definition) is 0. The van der Waals surface area contributed by atoms with Crippen molar-refractivity contribution < 1.29 is 14.3 Å². The number of hydrogen-bond acceptors (Lipinski definition) is 3. The highest BCUT2D eigenvalue weighted by atomic mass is 16.7. The molecule has 0 saturated heterocycles. The Labute approximate surface area is 151 Å². The molecule has 26 heavy (non-hydrogen) atoms. The van der Waals surface area contributed by atoms with Gasteiger partial charge in [-0.15, -0.1) is 0 Å². The molecule has 0 aromatic heterocycles. The molecular weight excluding hydrogens is 324 g/mol. The Morgan fingerprint density at radius 2 is 1.23 bits per heavy atom. The van der Waals surface area contributed by atoms with Crippen LogP contribution in [-0.2, 0) is 0 Å². The van der Waals surface area contributed by atoms with Gasteiger partial charge in [-0.05, 0) is 34.5 Å². The van der Waals surface area contributed by atoms with Gasteiger partial charge >= 0.3 is 6.16 Å². The first-order chi connectivity index (χ1) is 12.8. The van der Waals surface area contributed by atoms with E-state index in [2.05, 4.69) is 18.2 Å². The third kappa shape index (κ3) is 3.28. The molecule has 0 radical (unpaired) electrons. The second-order valence-corrected chi connectivity index (χ2v) is 5.79. The van der Waals surface area contributed by atoms with Crippen LogP contribution >= 0.6 is 0 Å². The second kappa shape index (κ2) is 7.11. The third-order valence-electron chi connectivity index (χ3n) is 4.10. The quantitative estimate of drug-likeness (QED) is 0.335. The highest BCUT2D eigenvalue weighted by Gasteiger charge is 2.14. The maximum absolute atomic E-state index is 12.2. The van der Waals surface area contributed by atoms with Crippen LogP contribution in [0, 0.1) is 0 Å². The van der Waals surface area contributed by atoms with Gasteiger partial charge < -0.3 is 9.47 Å². The van der Waals surface area contributed by atoms with E-state index in [0.717, 1.165) is 21.9 Å². The molecule has 4 aromatic rings. The summed E-state index contributed by atoms with van der Waals surface area (Å²) in [5, 5.41) is 2.23. The van der Waals surface area contributed by atoms with Crippen LogP contribution in [0.2, 0.25) is 0 Å². The van der Waals surface area contributed by atoms with E-state index >= 15 is 0 Å². The minimum atomic E-state index is -0.760. The Morgan fingerprint density at radius 3 is 2.12 bits per heavy atom. The van der Waals surface area contributed by atoms with Crippen LogP contribution in [0.5, 0.6) is 11.5 Å². The molecule has 0 bridgehead atoms. The third-order valence-corrected chi connectivity index (χ3v) is 4.10. The summed E-state index contributed by atoms with van der Waals surface area (Å²) in [5.41, 5.74) is 1.85. The van der Waals surface area contributed by atoms with E-state index in [1.54, 1.807) is 30.3 Å². The molecule has 0 N–H and O–H groups in total. The Morgan fingerprint density at radius 1 is 0.577 bits per heavy atom. The molecule has 4 rings (SSSR count). The molecule has 0 heterocycles. The highest BCUT2D eigenvalue weighted by molar-refractivity contribution is 5.98. The summed E-state index contributed by atoms with van der Waals surface area (Å²) in [6, 6.07) is 30.5. The molecule has 0 spiro atoms. The van der Waals surface area contributed by atoms with Crippen molar-refractivity contribution in [2.45, 2.75) is 0 Å². The molecule has 0 fully saturated rings. The van der Waals surface area contributed by atoms with E-state index in [0.29, 0.717) is 11.5 Å². The first-order valence-electron chi connectivity index (χ1n) is 8.33. The van der Waals surface area contributed by atoms with Gasteiger partial charge in [-0.1, -0.05) is 78.9 Å². The summed E-state index contributed by atoms with van der Waals surface area (Å²) < 4.78 is 10.7. The molecule has 0 aliphatic rings. The van der Waals surface area contributed by atoms with Gasteiger partial charge in [-0.3, -0.25) is 0 Å².